The van der Waals surface area contributed by atoms with Crippen LogP contribution in [-0.4, -0.2) is 12.6 Å². The Hall–Kier alpha value is -0.0800. The van der Waals surface area contributed by atoms with Crippen molar-refractivity contribution in [2.75, 3.05) is 6.54 Å². The van der Waals surface area contributed by atoms with Crippen molar-refractivity contribution in [2.24, 2.45) is 29.2 Å². The van der Waals surface area contributed by atoms with Crippen LogP contribution in [0.4, 0.5) is 0 Å². The van der Waals surface area contributed by atoms with E-state index in [-0.39, 0.29) is 0 Å². The molecule has 0 saturated heterocycles. The highest BCUT2D eigenvalue weighted by Gasteiger charge is 2.33. The van der Waals surface area contributed by atoms with Gasteiger partial charge in [-0.1, -0.05) is 20.3 Å². The van der Waals surface area contributed by atoms with E-state index in [0.29, 0.717) is 17.9 Å². The standard InChI is InChI=1S/C10H22N2/c1-3-8-9(6-11)7(2)4-5-10(8)12/h7-10H,3-6,11-12H2,1-2H3/t7-,8-,9-,10?/m1/s1. The molecule has 1 unspecified atom stereocenters. The minimum atomic E-state index is 0.403. The van der Waals surface area contributed by atoms with Gasteiger partial charge in [0, 0.05) is 6.04 Å². The Morgan fingerprint density at radius 3 is 2.33 bits per heavy atom. The van der Waals surface area contributed by atoms with Gasteiger partial charge in [-0.15, -0.1) is 0 Å². The van der Waals surface area contributed by atoms with Gasteiger partial charge in [-0.3, -0.25) is 0 Å². The summed E-state index contributed by atoms with van der Waals surface area (Å²) in [5.41, 5.74) is 11.8. The normalized spacial score (nSPS) is 43.0. The summed E-state index contributed by atoms with van der Waals surface area (Å²) in [7, 11) is 0. The van der Waals surface area contributed by atoms with Crippen LogP contribution in [0.2, 0.25) is 0 Å². The Morgan fingerprint density at radius 1 is 1.25 bits per heavy atom. The minimum Gasteiger partial charge on any atom is -0.330 e. The first kappa shape index (κ1) is 10.0. The van der Waals surface area contributed by atoms with Gasteiger partial charge in [-0.05, 0) is 37.1 Å². The van der Waals surface area contributed by atoms with E-state index in [1.54, 1.807) is 0 Å². The zero-order valence-corrected chi connectivity index (χ0v) is 8.29. The molecule has 4 atom stereocenters. The van der Waals surface area contributed by atoms with Crippen molar-refractivity contribution in [3.05, 3.63) is 0 Å². The molecule has 1 saturated carbocycles. The van der Waals surface area contributed by atoms with Crippen molar-refractivity contribution in [1.82, 2.24) is 0 Å². The molecule has 12 heavy (non-hydrogen) atoms. The SMILES string of the molecule is CC[C@H]1C(N)CC[C@@H](C)[C@H]1CN. The van der Waals surface area contributed by atoms with Crippen molar-refractivity contribution in [3.63, 3.8) is 0 Å². The fourth-order valence-corrected chi connectivity index (χ4v) is 2.64. The first-order chi connectivity index (χ1) is 5.70. The maximum absolute atomic E-state index is 6.06. The first-order valence-electron chi connectivity index (χ1n) is 5.16. The Balaban J connectivity index is 2.61. The van der Waals surface area contributed by atoms with Gasteiger partial charge in [0.15, 0.2) is 0 Å². The van der Waals surface area contributed by atoms with E-state index in [1.807, 2.05) is 0 Å². The zero-order valence-electron chi connectivity index (χ0n) is 8.29. The largest absolute Gasteiger partial charge is 0.330 e. The van der Waals surface area contributed by atoms with E-state index in [2.05, 4.69) is 13.8 Å². The van der Waals surface area contributed by atoms with Crippen molar-refractivity contribution >= 4 is 0 Å². The monoisotopic (exact) mass is 170 g/mol. The molecule has 0 heterocycles. The van der Waals surface area contributed by atoms with Crippen LogP contribution in [0.15, 0.2) is 0 Å². The predicted octanol–water partition coefficient (Wildman–Crippen LogP) is 1.34. The molecule has 0 amide bonds. The lowest BCUT2D eigenvalue weighted by Crippen LogP contribution is -2.44. The predicted molar refractivity (Wildman–Crippen MR) is 52.7 cm³/mol. The van der Waals surface area contributed by atoms with Crippen LogP contribution in [0.3, 0.4) is 0 Å². The van der Waals surface area contributed by atoms with Crippen molar-refractivity contribution < 1.29 is 0 Å². The highest BCUT2D eigenvalue weighted by atomic mass is 14.7. The summed E-state index contributed by atoms with van der Waals surface area (Å²) < 4.78 is 0. The van der Waals surface area contributed by atoms with E-state index in [1.165, 1.54) is 19.3 Å². The molecule has 0 spiro atoms. The average Bonchev–Trinajstić information content (AvgIpc) is 2.08. The molecule has 0 aliphatic heterocycles. The topological polar surface area (TPSA) is 52.0 Å². The summed E-state index contributed by atoms with van der Waals surface area (Å²) in [6.45, 7) is 5.35. The van der Waals surface area contributed by atoms with Gasteiger partial charge < -0.3 is 11.5 Å². The summed E-state index contributed by atoms with van der Waals surface area (Å²) in [5, 5.41) is 0. The molecule has 1 aliphatic carbocycles. The van der Waals surface area contributed by atoms with Gasteiger partial charge in [0.05, 0.1) is 0 Å². The van der Waals surface area contributed by atoms with Gasteiger partial charge in [-0.25, -0.2) is 0 Å². The zero-order chi connectivity index (χ0) is 9.14. The van der Waals surface area contributed by atoms with Crippen LogP contribution < -0.4 is 11.5 Å². The average molecular weight is 170 g/mol. The number of hydrogen-bond acceptors (Lipinski definition) is 2. The second-order valence-corrected chi connectivity index (χ2v) is 4.19. The second kappa shape index (κ2) is 4.24. The molecule has 1 rings (SSSR count). The highest BCUT2D eigenvalue weighted by Crippen LogP contribution is 2.34. The first-order valence-corrected chi connectivity index (χ1v) is 5.16. The lowest BCUT2D eigenvalue weighted by atomic mass is 9.69. The summed E-state index contributed by atoms with van der Waals surface area (Å²) >= 11 is 0. The van der Waals surface area contributed by atoms with Crippen LogP contribution in [-0.2, 0) is 0 Å². The van der Waals surface area contributed by atoms with Gasteiger partial charge in [0.2, 0.25) is 0 Å². The highest BCUT2D eigenvalue weighted by molar-refractivity contribution is 4.87. The van der Waals surface area contributed by atoms with E-state index in [0.717, 1.165) is 12.5 Å². The van der Waals surface area contributed by atoms with Crippen LogP contribution >= 0.6 is 0 Å². The second-order valence-electron chi connectivity index (χ2n) is 4.19. The molecular formula is C10H22N2. The third-order valence-corrected chi connectivity index (χ3v) is 3.53. The molecule has 0 radical (unpaired) electrons. The maximum Gasteiger partial charge on any atom is 0.00703 e. The summed E-state index contributed by atoms with van der Waals surface area (Å²) in [6.07, 6.45) is 3.64. The van der Waals surface area contributed by atoms with Gasteiger partial charge >= 0.3 is 0 Å². The number of rotatable bonds is 2. The molecule has 1 aliphatic rings. The van der Waals surface area contributed by atoms with Gasteiger partial charge in [0.25, 0.3) is 0 Å². The molecule has 4 N–H and O–H groups in total. The van der Waals surface area contributed by atoms with E-state index >= 15 is 0 Å². The lowest BCUT2D eigenvalue weighted by molar-refractivity contribution is 0.142. The summed E-state index contributed by atoms with van der Waals surface area (Å²) in [6, 6.07) is 0.403. The molecule has 72 valence electrons. The van der Waals surface area contributed by atoms with Crippen LogP contribution in [0.1, 0.15) is 33.1 Å². The quantitative estimate of drug-likeness (QED) is 0.657. The van der Waals surface area contributed by atoms with Crippen molar-refractivity contribution in [3.8, 4) is 0 Å². The Kier molecular flexibility index (Phi) is 3.53. The lowest BCUT2D eigenvalue weighted by Gasteiger charge is -2.39. The summed E-state index contributed by atoms with van der Waals surface area (Å²) in [5.74, 6) is 2.11. The molecule has 0 aromatic heterocycles. The van der Waals surface area contributed by atoms with Gasteiger partial charge in [-0.2, -0.15) is 0 Å². The smallest absolute Gasteiger partial charge is 0.00703 e. The number of hydrogen-bond donors (Lipinski definition) is 2. The van der Waals surface area contributed by atoms with Gasteiger partial charge in [0.1, 0.15) is 0 Å². The van der Waals surface area contributed by atoms with Crippen LogP contribution in [0, 0.1) is 17.8 Å². The molecule has 0 aromatic carbocycles. The maximum atomic E-state index is 6.06. The van der Waals surface area contributed by atoms with E-state index < -0.39 is 0 Å². The van der Waals surface area contributed by atoms with Crippen LogP contribution in [0.25, 0.3) is 0 Å². The molecule has 2 nitrogen and oxygen atoms in total. The molecule has 2 heteroatoms. The third-order valence-electron chi connectivity index (χ3n) is 3.53. The molecular weight excluding hydrogens is 148 g/mol. The number of nitrogens with two attached hydrogens (primary N) is 2. The fourth-order valence-electron chi connectivity index (χ4n) is 2.64. The molecule has 0 bridgehead atoms. The Labute approximate surface area is 75.7 Å². The minimum absolute atomic E-state index is 0.403. The van der Waals surface area contributed by atoms with Crippen molar-refractivity contribution in [2.45, 2.75) is 39.2 Å². The van der Waals surface area contributed by atoms with Crippen molar-refractivity contribution in [1.29, 1.82) is 0 Å². The Morgan fingerprint density at radius 2 is 1.92 bits per heavy atom. The summed E-state index contributed by atoms with van der Waals surface area (Å²) in [4.78, 5) is 0. The third kappa shape index (κ3) is 1.80. The fraction of sp³-hybridized carbons (Fsp3) is 1.00. The van der Waals surface area contributed by atoms with E-state index in [9.17, 15) is 0 Å². The van der Waals surface area contributed by atoms with E-state index in [4.69, 9.17) is 11.5 Å². The Bertz CT molecular complexity index is 120. The van der Waals surface area contributed by atoms with Crippen LogP contribution in [0.5, 0.6) is 0 Å². The molecule has 1 fully saturated rings. The molecule has 0 aromatic rings.